The molecular formula is C10H19N3O. The van der Waals surface area contributed by atoms with Gasteiger partial charge in [0, 0.05) is 19.6 Å². The van der Waals surface area contributed by atoms with Gasteiger partial charge in [-0.25, -0.2) is 10.2 Å². The van der Waals surface area contributed by atoms with Crippen molar-refractivity contribution in [1.29, 1.82) is 0 Å². The highest BCUT2D eigenvalue weighted by Crippen LogP contribution is 2.06. The van der Waals surface area contributed by atoms with Gasteiger partial charge in [0.05, 0.1) is 0 Å². The second-order valence-electron chi connectivity index (χ2n) is 3.48. The van der Waals surface area contributed by atoms with Crippen LogP contribution in [0.5, 0.6) is 0 Å². The van der Waals surface area contributed by atoms with Crippen LogP contribution in [0, 0.1) is 0 Å². The molecule has 0 unspecified atom stereocenters. The fraction of sp³-hybridized carbons (Fsp3) is 0.700. The second-order valence-corrected chi connectivity index (χ2v) is 3.48. The Morgan fingerprint density at radius 3 is 2.79 bits per heavy atom. The summed E-state index contributed by atoms with van der Waals surface area (Å²) in [5.41, 5.74) is 5.59. The highest BCUT2D eigenvalue weighted by atomic mass is 16.2. The van der Waals surface area contributed by atoms with Crippen molar-refractivity contribution in [1.82, 2.24) is 15.8 Å². The molecule has 80 valence electrons. The lowest BCUT2D eigenvalue weighted by Crippen LogP contribution is -2.45. The van der Waals surface area contributed by atoms with Crippen LogP contribution in [0.1, 0.15) is 25.7 Å². The van der Waals surface area contributed by atoms with Crippen molar-refractivity contribution in [3.05, 3.63) is 12.7 Å². The summed E-state index contributed by atoms with van der Waals surface area (Å²) < 4.78 is 0. The number of hydrogen-bond acceptors (Lipinski definition) is 2. The Balaban J connectivity index is 2.00. The van der Waals surface area contributed by atoms with Crippen molar-refractivity contribution in [2.75, 3.05) is 19.6 Å². The molecule has 0 spiro atoms. The number of unbranched alkanes of at least 4 members (excludes halogenated alkanes) is 1. The summed E-state index contributed by atoms with van der Waals surface area (Å²) in [5, 5.41) is 0. The maximum absolute atomic E-state index is 11.4. The quantitative estimate of drug-likeness (QED) is 0.396. The normalized spacial score (nSPS) is 15.6. The second kappa shape index (κ2) is 6.43. The number of nitrogens with zero attached hydrogens (tertiary/aromatic N) is 1. The summed E-state index contributed by atoms with van der Waals surface area (Å²) >= 11 is 0. The average molecular weight is 197 g/mol. The van der Waals surface area contributed by atoms with Crippen LogP contribution in [0.3, 0.4) is 0 Å². The molecule has 0 aromatic rings. The molecule has 2 N–H and O–H groups in total. The van der Waals surface area contributed by atoms with Crippen molar-refractivity contribution >= 4 is 6.03 Å². The molecule has 2 amide bonds. The average Bonchev–Trinajstić information content (AvgIpc) is 2.70. The largest absolute Gasteiger partial charge is 0.331 e. The van der Waals surface area contributed by atoms with Crippen LogP contribution in [-0.2, 0) is 0 Å². The molecular weight excluding hydrogens is 178 g/mol. The predicted octanol–water partition coefficient (Wildman–Crippen LogP) is 1.26. The van der Waals surface area contributed by atoms with Gasteiger partial charge in [0.15, 0.2) is 0 Å². The molecule has 1 saturated heterocycles. The highest BCUT2D eigenvalue weighted by molar-refractivity contribution is 5.73. The van der Waals surface area contributed by atoms with Gasteiger partial charge in [-0.1, -0.05) is 6.08 Å². The first-order chi connectivity index (χ1) is 6.84. The summed E-state index contributed by atoms with van der Waals surface area (Å²) in [7, 11) is 0. The molecule has 1 heterocycles. The number of carbonyl (C=O) groups excluding carboxylic acids is 1. The lowest BCUT2D eigenvalue weighted by atomic mass is 10.3. The topological polar surface area (TPSA) is 44.4 Å². The van der Waals surface area contributed by atoms with E-state index in [9.17, 15) is 4.79 Å². The zero-order chi connectivity index (χ0) is 10.2. The minimum Gasteiger partial charge on any atom is -0.324 e. The molecule has 4 nitrogen and oxygen atoms in total. The van der Waals surface area contributed by atoms with Crippen molar-refractivity contribution in [2.24, 2.45) is 0 Å². The Kier molecular flexibility index (Phi) is 5.07. The van der Waals surface area contributed by atoms with Gasteiger partial charge in [-0.05, 0) is 25.7 Å². The number of hydrazine groups is 1. The van der Waals surface area contributed by atoms with E-state index in [0.29, 0.717) is 0 Å². The van der Waals surface area contributed by atoms with Crippen LogP contribution in [0.15, 0.2) is 12.7 Å². The van der Waals surface area contributed by atoms with Gasteiger partial charge in [0.1, 0.15) is 0 Å². The van der Waals surface area contributed by atoms with E-state index in [1.54, 1.807) is 0 Å². The van der Waals surface area contributed by atoms with Crippen LogP contribution in [0.4, 0.5) is 4.79 Å². The lowest BCUT2D eigenvalue weighted by molar-refractivity contribution is 0.204. The van der Waals surface area contributed by atoms with Gasteiger partial charge >= 0.3 is 6.03 Å². The Hall–Kier alpha value is -1.03. The van der Waals surface area contributed by atoms with E-state index in [0.717, 1.165) is 45.3 Å². The fourth-order valence-corrected chi connectivity index (χ4v) is 1.47. The number of nitrogens with one attached hydrogen (secondary N) is 2. The molecule has 0 atom stereocenters. The number of allylic oxidation sites excluding steroid dienone is 1. The summed E-state index contributed by atoms with van der Waals surface area (Å²) in [6.07, 6.45) is 6.12. The van der Waals surface area contributed by atoms with Gasteiger partial charge in [-0.2, -0.15) is 0 Å². The van der Waals surface area contributed by atoms with Crippen molar-refractivity contribution in [3.8, 4) is 0 Å². The standard InChI is InChI=1S/C10H19N3O/c1-2-3-4-7-11-12-10(14)13-8-5-6-9-13/h2,11H,1,3-9H2,(H,12,14). The summed E-state index contributed by atoms with van der Waals surface area (Å²) in [5.74, 6) is 0. The predicted molar refractivity (Wildman–Crippen MR) is 56.8 cm³/mol. The van der Waals surface area contributed by atoms with Crippen LogP contribution < -0.4 is 10.9 Å². The number of likely N-dealkylation sites (tertiary alicyclic amines) is 1. The summed E-state index contributed by atoms with van der Waals surface area (Å²) in [4.78, 5) is 13.2. The highest BCUT2D eigenvalue weighted by Gasteiger charge is 2.16. The Morgan fingerprint density at radius 2 is 2.14 bits per heavy atom. The van der Waals surface area contributed by atoms with Crippen LogP contribution >= 0.6 is 0 Å². The third kappa shape index (κ3) is 3.79. The van der Waals surface area contributed by atoms with Crippen molar-refractivity contribution < 1.29 is 4.79 Å². The number of rotatable bonds is 5. The third-order valence-electron chi connectivity index (χ3n) is 2.30. The van der Waals surface area contributed by atoms with Crippen molar-refractivity contribution in [2.45, 2.75) is 25.7 Å². The Bertz CT molecular complexity index is 188. The molecule has 0 aliphatic carbocycles. The first kappa shape index (κ1) is 11.0. The Morgan fingerprint density at radius 1 is 1.43 bits per heavy atom. The molecule has 0 bridgehead atoms. The number of hydrogen-bond donors (Lipinski definition) is 2. The maximum Gasteiger partial charge on any atom is 0.331 e. The minimum absolute atomic E-state index is 0.00102. The van der Waals surface area contributed by atoms with E-state index >= 15 is 0 Å². The minimum atomic E-state index is 0.00102. The van der Waals surface area contributed by atoms with E-state index in [2.05, 4.69) is 17.4 Å². The first-order valence-electron chi connectivity index (χ1n) is 5.23. The lowest BCUT2D eigenvalue weighted by Gasteiger charge is -2.16. The van der Waals surface area contributed by atoms with Gasteiger partial charge in [-0.3, -0.25) is 5.43 Å². The Labute approximate surface area is 85.3 Å². The van der Waals surface area contributed by atoms with Crippen molar-refractivity contribution in [3.63, 3.8) is 0 Å². The summed E-state index contributed by atoms with van der Waals surface area (Å²) in [6, 6.07) is 0.00102. The smallest absolute Gasteiger partial charge is 0.324 e. The van der Waals surface area contributed by atoms with E-state index in [1.165, 1.54) is 0 Å². The van der Waals surface area contributed by atoms with E-state index in [4.69, 9.17) is 0 Å². The van der Waals surface area contributed by atoms with Gasteiger partial charge in [0.2, 0.25) is 0 Å². The van der Waals surface area contributed by atoms with E-state index in [1.807, 2.05) is 11.0 Å². The molecule has 1 rings (SSSR count). The molecule has 0 saturated carbocycles. The molecule has 4 heteroatoms. The van der Waals surface area contributed by atoms with E-state index < -0.39 is 0 Å². The maximum atomic E-state index is 11.4. The molecule has 1 fully saturated rings. The molecule has 0 radical (unpaired) electrons. The van der Waals surface area contributed by atoms with Crippen LogP contribution in [0.25, 0.3) is 0 Å². The zero-order valence-corrected chi connectivity index (χ0v) is 8.59. The zero-order valence-electron chi connectivity index (χ0n) is 8.59. The van der Waals surface area contributed by atoms with Crippen LogP contribution in [0.2, 0.25) is 0 Å². The third-order valence-corrected chi connectivity index (χ3v) is 2.30. The number of urea groups is 1. The molecule has 0 aromatic heterocycles. The molecule has 1 aliphatic rings. The summed E-state index contributed by atoms with van der Waals surface area (Å²) in [6.45, 7) is 6.21. The van der Waals surface area contributed by atoms with Gasteiger partial charge < -0.3 is 4.90 Å². The van der Waals surface area contributed by atoms with Gasteiger partial charge in [-0.15, -0.1) is 6.58 Å². The molecule has 1 aliphatic heterocycles. The first-order valence-corrected chi connectivity index (χ1v) is 5.23. The molecule has 14 heavy (non-hydrogen) atoms. The van der Waals surface area contributed by atoms with Gasteiger partial charge in [0.25, 0.3) is 0 Å². The SMILES string of the molecule is C=CCCCNNC(=O)N1CCCC1. The monoisotopic (exact) mass is 197 g/mol. The van der Waals surface area contributed by atoms with Crippen LogP contribution in [-0.4, -0.2) is 30.6 Å². The van der Waals surface area contributed by atoms with E-state index in [-0.39, 0.29) is 6.03 Å². The fourth-order valence-electron chi connectivity index (χ4n) is 1.47. The number of amides is 2. The number of carbonyl (C=O) groups is 1. The molecule has 0 aromatic carbocycles.